The lowest BCUT2D eigenvalue weighted by atomic mass is 9.47. The van der Waals surface area contributed by atoms with Crippen molar-refractivity contribution in [3.8, 4) is 0 Å². The minimum atomic E-state index is -0.341. The minimum absolute atomic E-state index is 0.0963. The number of amides is 2. The van der Waals surface area contributed by atoms with E-state index in [9.17, 15) is 14.0 Å². The Morgan fingerprint density at radius 1 is 1.07 bits per heavy atom. The molecule has 4 aliphatic rings. The van der Waals surface area contributed by atoms with Crippen LogP contribution in [0.5, 0.6) is 0 Å². The minimum Gasteiger partial charge on any atom is -0.369 e. The Morgan fingerprint density at radius 2 is 1.76 bits per heavy atom. The van der Waals surface area contributed by atoms with Crippen molar-refractivity contribution >= 4 is 11.8 Å². The van der Waals surface area contributed by atoms with Gasteiger partial charge in [0.25, 0.3) is 5.91 Å². The third kappa shape index (κ3) is 3.24. The Kier molecular flexibility index (Phi) is 4.26. The van der Waals surface area contributed by atoms with Crippen LogP contribution < -0.4 is 11.1 Å². The molecule has 0 aliphatic heterocycles. The van der Waals surface area contributed by atoms with Gasteiger partial charge in [-0.25, -0.2) is 4.39 Å². The number of hydrogen-bond acceptors (Lipinski definition) is 2. The number of nitrogens with two attached hydrogens (primary N) is 1. The summed E-state index contributed by atoms with van der Waals surface area (Å²) in [4.78, 5) is 28.2. The van der Waals surface area contributed by atoms with Gasteiger partial charge in [-0.2, -0.15) is 0 Å². The van der Waals surface area contributed by atoms with E-state index in [4.69, 9.17) is 5.73 Å². The van der Waals surface area contributed by atoms with Crippen molar-refractivity contribution in [3.63, 3.8) is 0 Å². The lowest BCUT2D eigenvalue weighted by Gasteiger charge is -2.58. The third-order valence-electron chi connectivity index (χ3n) is 7.39. The molecule has 4 aliphatic carbocycles. The molecule has 4 saturated carbocycles. The van der Waals surface area contributed by atoms with Crippen molar-refractivity contribution in [3.05, 3.63) is 59.2 Å². The van der Waals surface area contributed by atoms with Crippen molar-refractivity contribution < 1.29 is 14.0 Å². The average molecular weight is 395 g/mol. The number of H-pyrrole nitrogens is 1. The summed E-state index contributed by atoms with van der Waals surface area (Å²) in [6.07, 6.45) is 5.32. The first-order chi connectivity index (χ1) is 13.9. The van der Waals surface area contributed by atoms with E-state index < -0.39 is 0 Å². The number of primary amides is 1. The number of rotatable bonds is 5. The van der Waals surface area contributed by atoms with Gasteiger partial charge in [0.15, 0.2) is 0 Å². The van der Waals surface area contributed by atoms with Gasteiger partial charge in [0.05, 0.1) is 0 Å². The molecule has 0 spiro atoms. The molecule has 1 aromatic carbocycles. The molecule has 2 unspecified atom stereocenters. The van der Waals surface area contributed by atoms with Crippen LogP contribution >= 0.6 is 0 Å². The number of halogens is 1. The van der Waals surface area contributed by atoms with Crippen LogP contribution in [-0.4, -0.2) is 22.8 Å². The van der Waals surface area contributed by atoms with E-state index in [2.05, 4.69) is 10.3 Å². The number of carbonyl (C=O) groups is 2. The maximum Gasteiger partial charge on any atom is 0.267 e. The summed E-state index contributed by atoms with van der Waals surface area (Å²) in [6.45, 7) is 0. The number of benzene rings is 1. The van der Waals surface area contributed by atoms with E-state index in [1.807, 2.05) is 6.07 Å². The normalized spacial score (nSPS) is 32.3. The summed E-state index contributed by atoms with van der Waals surface area (Å²) in [5, 5.41) is 3.25. The maximum absolute atomic E-state index is 13.1. The smallest absolute Gasteiger partial charge is 0.267 e. The molecule has 2 amide bonds. The van der Waals surface area contributed by atoms with Gasteiger partial charge in [-0.15, -0.1) is 0 Å². The number of aromatic amines is 1. The number of carbonyl (C=O) groups excluding carboxylic acids is 2. The average Bonchev–Trinajstić information content (AvgIpc) is 3.14. The first-order valence-corrected chi connectivity index (χ1v) is 10.4. The van der Waals surface area contributed by atoms with E-state index >= 15 is 0 Å². The largest absolute Gasteiger partial charge is 0.369 e. The van der Waals surface area contributed by atoms with Gasteiger partial charge < -0.3 is 16.0 Å². The zero-order valence-corrected chi connectivity index (χ0v) is 16.3. The Morgan fingerprint density at radius 3 is 2.41 bits per heavy atom. The van der Waals surface area contributed by atoms with E-state index in [1.54, 1.807) is 18.2 Å². The Balaban J connectivity index is 1.26. The van der Waals surface area contributed by atoms with Crippen LogP contribution in [0.1, 0.15) is 53.8 Å². The second kappa shape index (κ2) is 6.71. The van der Waals surface area contributed by atoms with Crippen molar-refractivity contribution in [1.82, 2.24) is 10.3 Å². The van der Waals surface area contributed by atoms with E-state index in [-0.39, 0.29) is 29.1 Å². The molecule has 2 atom stereocenters. The van der Waals surface area contributed by atoms with E-state index in [0.717, 1.165) is 43.4 Å². The van der Waals surface area contributed by atoms with E-state index in [0.29, 0.717) is 29.9 Å². The molecule has 4 N–H and O–H groups in total. The fourth-order valence-electron chi connectivity index (χ4n) is 6.29. The summed E-state index contributed by atoms with van der Waals surface area (Å²) in [5.41, 5.74) is 7.85. The van der Waals surface area contributed by atoms with Crippen LogP contribution in [0.15, 0.2) is 36.4 Å². The molecule has 152 valence electrons. The molecular weight excluding hydrogens is 369 g/mol. The van der Waals surface area contributed by atoms with Crippen LogP contribution in [-0.2, 0) is 11.2 Å². The highest BCUT2D eigenvalue weighted by atomic mass is 19.1. The predicted octanol–water partition coefficient (Wildman–Crippen LogP) is 3.15. The fraction of sp³-hybridized carbons (Fsp3) is 0.478. The second-order valence-electron chi connectivity index (χ2n) is 9.31. The molecule has 4 bridgehead atoms. The van der Waals surface area contributed by atoms with Gasteiger partial charge in [-0.1, -0.05) is 12.1 Å². The molecule has 4 fully saturated rings. The van der Waals surface area contributed by atoms with Crippen LogP contribution in [0, 0.1) is 29.0 Å². The predicted molar refractivity (Wildman–Crippen MR) is 106 cm³/mol. The van der Waals surface area contributed by atoms with Gasteiger partial charge in [0, 0.05) is 23.6 Å². The van der Waals surface area contributed by atoms with Crippen molar-refractivity contribution in [1.29, 1.82) is 0 Å². The highest BCUT2D eigenvalue weighted by Crippen LogP contribution is 2.59. The molecule has 6 rings (SSSR count). The number of aromatic nitrogens is 1. The lowest BCUT2D eigenvalue weighted by Crippen LogP contribution is -2.62. The maximum atomic E-state index is 13.1. The highest BCUT2D eigenvalue weighted by Gasteiger charge is 2.58. The van der Waals surface area contributed by atoms with Crippen LogP contribution in [0.4, 0.5) is 4.39 Å². The second-order valence-corrected chi connectivity index (χ2v) is 9.31. The first kappa shape index (κ1) is 18.4. The van der Waals surface area contributed by atoms with Crippen LogP contribution in [0.25, 0.3) is 0 Å². The fourth-order valence-corrected chi connectivity index (χ4v) is 6.29. The number of hydrogen-bond donors (Lipinski definition) is 3. The molecule has 29 heavy (non-hydrogen) atoms. The van der Waals surface area contributed by atoms with Gasteiger partial charge in [-0.3, -0.25) is 9.59 Å². The molecule has 0 saturated heterocycles. The van der Waals surface area contributed by atoms with Crippen molar-refractivity contribution in [2.24, 2.45) is 28.9 Å². The zero-order valence-electron chi connectivity index (χ0n) is 16.3. The monoisotopic (exact) mass is 395 g/mol. The molecule has 1 aromatic heterocycles. The quantitative estimate of drug-likeness (QED) is 0.726. The van der Waals surface area contributed by atoms with Crippen LogP contribution in [0.3, 0.4) is 0 Å². The van der Waals surface area contributed by atoms with Crippen molar-refractivity contribution in [2.45, 2.75) is 44.6 Å². The zero-order chi connectivity index (χ0) is 20.2. The Bertz CT molecular complexity index is 935. The molecule has 2 aromatic rings. The van der Waals surface area contributed by atoms with Crippen LogP contribution in [0.2, 0.25) is 0 Å². The molecule has 1 heterocycles. The highest BCUT2D eigenvalue weighted by molar-refractivity contribution is 5.93. The summed E-state index contributed by atoms with van der Waals surface area (Å²) >= 11 is 0. The summed E-state index contributed by atoms with van der Waals surface area (Å²) in [5.74, 6) is 0.741. The van der Waals surface area contributed by atoms with Gasteiger partial charge in [0.1, 0.15) is 11.5 Å². The SMILES string of the molecule is NC(=O)C12CC3CC(C1)C(NC(=O)c1ccc(Cc4ccc(F)cc4)[nH]1)C(C3)C2. The van der Waals surface area contributed by atoms with E-state index in [1.165, 1.54) is 12.1 Å². The van der Waals surface area contributed by atoms with Crippen molar-refractivity contribution in [2.75, 3.05) is 0 Å². The summed E-state index contributed by atoms with van der Waals surface area (Å²) in [7, 11) is 0. The number of nitrogens with one attached hydrogen (secondary N) is 2. The lowest BCUT2D eigenvalue weighted by molar-refractivity contribution is -0.145. The van der Waals surface area contributed by atoms with Gasteiger partial charge >= 0.3 is 0 Å². The van der Waals surface area contributed by atoms with Gasteiger partial charge in [0.2, 0.25) is 5.91 Å². The Hall–Kier alpha value is -2.63. The first-order valence-electron chi connectivity index (χ1n) is 10.4. The summed E-state index contributed by atoms with van der Waals surface area (Å²) in [6, 6.07) is 10.2. The molecule has 6 heteroatoms. The molecular formula is C23H26FN3O2. The third-order valence-corrected chi connectivity index (χ3v) is 7.39. The summed E-state index contributed by atoms with van der Waals surface area (Å²) < 4.78 is 13.1. The topological polar surface area (TPSA) is 88.0 Å². The Labute approximate surface area is 169 Å². The van der Waals surface area contributed by atoms with Gasteiger partial charge in [-0.05, 0) is 79.7 Å². The molecule has 5 nitrogen and oxygen atoms in total. The molecule has 0 radical (unpaired) electrons. The standard InChI is InChI=1S/C23H26FN3O2/c24-17-3-1-13(2-4-17)9-18-5-6-19(26-18)21(28)27-20-15-7-14-8-16(20)12-23(10-14,11-15)22(25)29/h1-6,14-16,20,26H,7-12H2,(H2,25,29)(H,27,28).